The van der Waals surface area contributed by atoms with Crippen LogP contribution in [0.2, 0.25) is 0 Å². The molecule has 21 heavy (non-hydrogen) atoms. The van der Waals surface area contributed by atoms with Gasteiger partial charge in [-0.2, -0.15) is 0 Å². The molecule has 0 unspecified atom stereocenters. The molecule has 0 heterocycles. The van der Waals surface area contributed by atoms with Crippen LogP contribution in [0, 0.1) is 0 Å². The van der Waals surface area contributed by atoms with Crippen molar-refractivity contribution < 1.29 is 9.53 Å². The second-order valence-electron chi connectivity index (χ2n) is 6.36. The summed E-state index contributed by atoms with van der Waals surface area (Å²) in [6.45, 7) is 4.56. The lowest BCUT2D eigenvalue weighted by Crippen LogP contribution is -2.44. The van der Waals surface area contributed by atoms with E-state index in [4.69, 9.17) is 4.74 Å². The lowest BCUT2D eigenvalue weighted by atomic mass is 9.95. The molecule has 2 N–H and O–H groups in total. The monoisotopic (exact) mass is 290 g/mol. The fourth-order valence-corrected chi connectivity index (χ4v) is 2.65. The van der Waals surface area contributed by atoms with Crippen molar-refractivity contribution in [2.45, 2.75) is 57.6 Å². The van der Waals surface area contributed by atoms with E-state index in [1.54, 1.807) is 0 Å². The highest BCUT2D eigenvalue weighted by atomic mass is 16.6. The smallest absolute Gasteiger partial charge is 0.412 e. The van der Waals surface area contributed by atoms with Crippen LogP contribution in [0.4, 0.5) is 10.5 Å². The van der Waals surface area contributed by atoms with E-state index in [0.29, 0.717) is 12.6 Å². The van der Waals surface area contributed by atoms with Crippen LogP contribution in [-0.2, 0) is 4.74 Å². The van der Waals surface area contributed by atoms with Crippen molar-refractivity contribution in [3.8, 4) is 0 Å². The Hall–Kier alpha value is -1.55. The van der Waals surface area contributed by atoms with Crippen molar-refractivity contribution in [2.75, 3.05) is 11.9 Å². The topological polar surface area (TPSA) is 50.4 Å². The SMILES string of the molecule is CC(C)(CNC1CCCCC1)OC(=O)Nc1ccccc1. The number of hydrogen-bond donors (Lipinski definition) is 2. The molecule has 0 saturated heterocycles. The van der Waals surface area contributed by atoms with Crippen LogP contribution in [0.15, 0.2) is 30.3 Å². The van der Waals surface area contributed by atoms with Gasteiger partial charge in [-0.25, -0.2) is 4.79 Å². The number of para-hydroxylation sites is 1. The van der Waals surface area contributed by atoms with Crippen molar-refractivity contribution >= 4 is 11.8 Å². The molecule has 0 spiro atoms. The summed E-state index contributed by atoms with van der Waals surface area (Å²) >= 11 is 0. The molecule has 0 atom stereocenters. The Morgan fingerprint density at radius 3 is 2.52 bits per heavy atom. The second kappa shape index (κ2) is 7.46. The molecule has 2 rings (SSSR count). The molecule has 1 aromatic carbocycles. The van der Waals surface area contributed by atoms with Crippen molar-refractivity contribution in [3.05, 3.63) is 30.3 Å². The number of carbonyl (C=O) groups is 1. The molecular weight excluding hydrogens is 264 g/mol. The first-order chi connectivity index (χ1) is 10.1. The van der Waals surface area contributed by atoms with Crippen LogP contribution >= 0.6 is 0 Å². The van der Waals surface area contributed by atoms with Gasteiger partial charge < -0.3 is 10.1 Å². The minimum absolute atomic E-state index is 0.406. The maximum atomic E-state index is 11.9. The number of nitrogens with one attached hydrogen (secondary N) is 2. The summed E-state index contributed by atoms with van der Waals surface area (Å²) in [4.78, 5) is 11.9. The van der Waals surface area contributed by atoms with Gasteiger partial charge in [0, 0.05) is 18.3 Å². The van der Waals surface area contributed by atoms with Gasteiger partial charge in [0.25, 0.3) is 0 Å². The van der Waals surface area contributed by atoms with E-state index in [1.165, 1.54) is 32.1 Å². The lowest BCUT2D eigenvalue weighted by molar-refractivity contribution is 0.0458. The highest BCUT2D eigenvalue weighted by molar-refractivity contribution is 5.84. The Balaban J connectivity index is 1.75. The minimum Gasteiger partial charge on any atom is -0.442 e. The molecule has 1 saturated carbocycles. The lowest BCUT2D eigenvalue weighted by Gasteiger charge is -2.30. The standard InChI is InChI=1S/C17H26N2O2/c1-17(2,13-18-14-9-5-3-6-10-14)21-16(20)19-15-11-7-4-8-12-15/h4,7-8,11-12,14,18H,3,5-6,9-10,13H2,1-2H3,(H,19,20). The molecule has 116 valence electrons. The summed E-state index contributed by atoms with van der Waals surface area (Å²) in [5, 5.41) is 6.27. The molecule has 1 aliphatic carbocycles. The summed E-state index contributed by atoms with van der Waals surface area (Å²) in [7, 11) is 0. The molecule has 4 nitrogen and oxygen atoms in total. The predicted molar refractivity (Wildman–Crippen MR) is 85.5 cm³/mol. The summed E-state index contributed by atoms with van der Waals surface area (Å²) in [5.74, 6) is 0. The Labute approximate surface area is 127 Å². The van der Waals surface area contributed by atoms with Gasteiger partial charge >= 0.3 is 6.09 Å². The van der Waals surface area contributed by atoms with E-state index >= 15 is 0 Å². The van der Waals surface area contributed by atoms with Gasteiger partial charge in [0.15, 0.2) is 0 Å². The highest BCUT2D eigenvalue weighted by Crippen LogP contribution is 2.19. The molecule has 4 heteroatoms. The minimum atomic E-state index is -0.518. The zero-order chi connectivity index (χ0) is 15.1. The fraction of sp³-hybridized carbons (Fsp3) is 0.588. The van der Waals surface area contributed by atoms with E-state index in [-0.39, 0.29) is 0 Å². The summed E-state index contributed by atoms with van der Waals surface area (Å²) in [6, 6.07) is 9.92. The molecule has 1 fully saturated rings. The summed E-state index contributed by atoms with van der Waals surface area (Å²) in [6.07, 6.45) is 5.99. The molecule has 0 radical (unpaired) electrons. The maximum absolute atomic E-state index is 11.9. The first-order valence-electron chi connectivity index (χ1n) is 7.84. The van der Waals surface area contributed by atoms with Crippen LogP contribution in [0.25, 0.3) is 0 Å². The van der Waals surface area contributed by atoms with Crippen molar-refractivity contribution in [1.82, 2.24) is 5.32 Å². The maximum Gasteiger partial charge on any atom is 0.412 e. The molecule has 0 aromatic heterocycles. The number of rotatable bonds is 5. The third kappa shape index (κ3) is 5.76. The normalized spacial score (nSPS) is 16.5. The van der Waals surface area contributed by atoms with Crippen molar-refractivity contribution in [2.24, 2.45) is 0 Å². The molecular formula is C17H26N2O2. The predicted octanol–water partition coefficient (Wildman–Crippen LogP) is 3.94. The molecule has 1 amide bonds. The highest BCUT2D eigenvalue weighted by Gasteiger charge is 2.24. The van der Waals surface area contributed by atoms with E-state index in [2.05, 4.69) is 10.6 Å². The number of anilines is 1. The quantitative estimate of drug-likeness (QED) is 0.863. The van der Waals surface area contributed by atoms with Crippen LogP contribution in [0.3, 0.4) is 0 Å². The summed E-state index contributed by atoms with van der Waals surface area (Å²) in [5.41, 5.74) is 0.231. The van der Waals surface area contributed by atoms with Crippen LogP contribution in [0.5, 0.6) is 0 Å². The number of amides is 1. The van der Waals surface area contributed by atoms with Gasteiger partial charge in [-0.1, -0.05) is 37.5 Å². The number of carbonyl (C=O) groups excluding carboxylic acids is 1. The van der Waals surface area contributed by atoms with Crippen molar-refractivity contribution in [3.63, 3.8) is 0 Å². The van der Waals surface area contributed by atoms with Crippen LogP contribution < -0.4 is 10.6 Å². The first-order valence-corrected chi connectivity index (χ1v) is 7.84. The van der Waals surface area contributed by atoms with Crippen LogP contribution in [-0.4, -0.2) is 24.3 Å². The molecule has 1 aliphatic rings. The Morgan fingerprint density at radius 1 is 1.19 bits per heavy atom. The number of benzene rings is 1. The zero-order valence-corrected chi connectivity index (χ0v) is 13.0. The molecule has 0 bridgehead atoms. The zero-order valence-electron chi connectivity index (χ0n) is 13.0. The van der Waals surface area contributed by atoms with E-state index in [0.717, 1.165) is 5.69 Å². The van der Waals surface area contributed by atoms with Gasteiger partial charge in [-0.15, -0.1) is 0 Å². The van der Waals surface area contributed by atoms with Gasteiger partial charge in [-0.3, -0.25) is 5.32 Å². The Morgan fingerprint density at radius 2 is 1.86 bits per heavy atom. The third-order valence-electron chi connectivity index (χ3n) is 3.81. The number of ether oxygens (including phenoxy) is 1. The van der Waals surface area contributed by atoms with E-state index in [1.807, 2.05) is 44.2 Å². The Bertz CT molecular complexity index is 439. The third-order valence-corrected chi connectivity index (χ3v) is 3.81. The average Bonchev–Trinajstić information content (AvgIpc) is 2.47. The number of hydrogen-bond acceptors (Lipinski definition) is 3. The van der Waals surface area contributed by atoms with Gasteiger partial charge in [0.1, 0.15) is 5.60 Å². The van der Waals surface area contributed by atoms with Gasteiger partial charge in [-0.05, 0) is 38.8 Å². The fourth-order valence-electron chi connectivity index (χ4n) is 2.65. The van der Waals surface area contributed by atoms with Gasteiger partial charge in [0.2, 0.25) is 0 Å². The summed E-state index contributed by atoms with van der Waals surface area (Å²) < 4.78 is 5.52. The van der Waals surface area contributed by atoms with Crippen molar-refractivity contribution in [1.29, 1.82) is 0 Å². The first kappa shape index (κ1) is 15.8. The molecule has 1 aromatic rings. The largest absolute Gasteiger partial charge is 0.442 e. The molecule has 0 aliphatic heterocycles. The van der Waals surface area contributed by atoms with Gasteiger partial charge in [0.05, 0.1) is 0 Å². The van der Waals surface area contributed by atoms with E-state index < -0.39 is 11.7 Å². The van der Waals surface area contributed by atoms with E-state index in [9.17, 15) is 4.79 Å². The average molecular weight is 290 g/mol. The Kier molecular flexibility index (Phi) is 5.62. The van der Waals surface area contributed by atoms with Crippen LogP contribution in [0.1, 0.15) is 46.0 Å². The second-order valence-corrected chi connectivity index (χ2v) is 6.36.